The summed E-state index contributed by atoms with van der Waals surface area (Å²) < 4.78 is 7.64. The number of ether oxygens (including phenoxy) is 1. The molecule has 3 aromatic rings. The van der Waals surface area contributed by atoms with Crippen molar-refractivity contribution in [2.75, 3.05) is 32.8 Å². The number of para-hydroxylation sites is 1. The van der Waals surface area contributed by atoms with Crippen molar-refractivity contribution in [3.05, 3.63) is 84.7 Å². The Morgan fingerprint density at radius 3 is 2.19 bits per heavy atom. The van der Waals surface area contributed by atoms with E-state index < -0.39 is 0 Å². The van der Waals surface area contributed by atoms with E-state index in [1.807, 2.05) is 93.5 Å². The first kappa shape index (κ1) is 20.7. The predicted octanol–water partition coefficient (Wildman–Crippen LogP) is 3.62. The van der Waals surface area contributed by atoms with Crippen LogP contribution in [0, 0.1) is 0 Å². The first-order valence-corrected chi connectivity index (χ1v) is 10.7. The fourth-order valence-corrected chi connectivity index (χ4v) is 3.77. The Morgan fingerprint density at radius 2 is 1.45 bits per heavy atom. The van der Waals surface area contributed by atoms with Crippen molar-refractivity contribution in [3.8, 4) is 11.4 Å². The second-order valence-electron chi connectivity index (χ2n) is 7.58. The van der Waals surface area contributed by atoms with E-state index in [9.17, 15) is 9.59 Å². The Labute approximate surface area is 182 Å². The molecule has 2 heterocycles. The first-order valence-electron chi connectivity index (χ1n) is 10.7. The maximum absolute atomic E-state index is 13.0. The number of hydrogen-bond acceptors (Lipinski definition) is 3. The average Bonchev–Trinajstić information content (AvgIpc) is 3.24. The number of benzene rings is 2. The Hall–Kier alpha value is -3.54. The van der Waals surface area contributed by atoms with E-state index >= 15 is 0 Å². The van der Waals surface area contributed by atoms with Gasteiger partial charge in [0, 0.05) is 49.8 Å². The number of hydrogen-bond donors (Lipinski definition) is 0. The molecule has 4 rings (SSSR count). The van der Waals surface area contributed by atoms with Crippen LogP contribution in [0.2, 0.25) is 0 Å². The van der Waals surface area contributed by atoms with Crippen molar-refractivity contribution in [2.24, 2.45) is 0 Å². The Kier molecular flexibility index (Phi) is 6.67. The quantitative estimate of drug-likeness (QED) is 0.616. The van der Waals surface area contributed by atoms with Crippen LogP contribution in [0.25, 0.3) is 5.69 Å². The van der Waals surface area contributed by atoms with Crippen molar-refractivity contribution in [2.45, 2.75) is 12.8 Å². The van der Waals surface area contributed by atoms with E-state index in [4.69, 9.17) is 4.74 Å². The zero-order chi connectivity index (χ0) is 21.5. The lowest BCUT2D eigenvalue weighted by Gasteiger charge is -2.22. The molecule has 6 heteroatoms. The molecule has 0 aliphatic carbocycles. The van der Waals surface area contributed by atoms with E-state index in [0.717, 1.165) is 17.9 Å². The van der Waals surface area contributed by atoms with Gasteiger partial charge in [-0.05, 0) is 55.0 Å². The van der Waals surface area contributed by atoms with Crippen LogP contribution in [0.1, 0.15) is 23.2 Å². The molecule has 6 nitrogen and oxygen atoms in total. The highest BCUT2D eigenvalue weighted by atomic mass is 16.5. The molecule has 2 amide bonds. The number of carbonyl (C=O) groups is 2. The zero-order valence-corrected chi connectivity index (χ0v) is 17.5. The minimum absolute atomic E-state index is 0.0146. The van der Waals surface area contributed by atoms with Crippen molar-refractivity contribution in [3.63, 3.8) is 0 Å². The van der Waals surface area contributed by atoms with E-state index in [1.54, 1.807) is 0 Å². The highest BCUT2D eigenvalue weighted by molar-refractivity contribution is 5.94. The monoisotopic (exact) mass is 417 g/mol. The fraction of sp³-hybridized carbons (Fsp3) is 0.280. The van der Waals surface area contributed by atoms with Gasteiger partial charge in [-0.2, -0.15) is 0 Å². The molecule has 1 aromatic heterocycles. The average molecular weight is 418 g/mol. The molecular formula is C25H27N3O3. The molecule has 1 aliphatic rings. The minimum Gasteiger partial charge on any atom is -0.493 e. The molecule has 0 N–H and O–H groups in total. The summed E-state index contributed by atoms with van der Waals surface area (Å²) in [4.78, 5) is 29.2. The van der Waals surface area contributed by atoms with E-state index in [0.29, 0.717) is 44.8 Å². The van der Waals surface area contributed by atoms with Gasteiger partial charge in [0.2, 0.25) is 5.91 Å². The summed E-state index contributed by atoms with van der Waals surface area (Å²) in [5.74, 6) is 0.854. The van der Waals surface area contributed by atoms with Crippen LogP contribution in [0.15, 0.2) is 79.1 Å². The van der Waals surface area contributed by atoms with Crippen LogP contribution >= 0.6 is 0 Å². The lowest BCUT2D eigenvalue weighted by Crippen LogP contribution is -2.37. The molecule has 160 valence electrons. The third kappa shape index (κ3) is 5.34. The second kappa shape index (κ2) is 9.98. The molecule has 0 unspecified atom stereocenters. The molecule has 31 heavy (non-hydrogen) atoms. The summed E-state index contributed by atoms with van der Waals surface area (Å²) in [5.41, 5.74) is 1.69. The van der Waals surface area contributed by atoms with Gasteiger partial charge in [0.25, 0.3) is 5.91 Å². The second-order valence-corrected chi connectivity index (χ2v) is 7.58. The van der Waals surface area contributed by atoms with Crippen molar-refractivity contribution >= 4 is 11.8 Å². The summed E-state index contributed by atoms with van der Waals surface area (Å²) in [6.45, 7) is 2.78. The summed E-state index contributed by atoms with van der Waals surface area (Å²) in [6.07, 6.45) is 5.06. The zero-order valence-electron chi connectivity index (χ0n) is 17.5. The molecule has 1 saturated heterocycles. The van der Waals surface area contributed by atoms with Gasteiger partial charge in [-0.3, -0.25) is 9.59 Å². The van der Waals surface area contributed by atoms with Crippen molar-refractivity contribution in [1.29, 1.82) is 0 Å². The normalized spacial score (nSPS) is 14.2. The van der Waals surface area contributed by atoms with Gasteiger partial charge >= 0.3 is 0 Å². The first-order chi connectivity index (χ1) is 15.2. The Morgan fingerprint density at radius 1 is 0.774 bits per heavy atom. The molecule has 0 spiro atoms. The van der Waals surface area contributed by atoms with E-state index in [1.165, 1.54) is 0 Å². The number of aromatic nitrogens is 1. The molecule has 0 saturated carbocycles. The highest BCUT2D eigenvalue weighted by Gasteiger charge is 2.22. The number of nitrogens with zero attached hydrogens (tertiary/aromatic N) is 3. The Bertz CT molecular complexity index is 985. The molecule has 0 radical (unpaired) electrons. The molecule has 0 bridgehead atoms. The summed E-state index contributed by atoms with van der Waals surface area (Å²) in [5, 5.41) is 0. The molecule has 0 atom stereocenters. The smallest absolute Gasteiger partial charge is 0.253 e. The van der Waals surface area contributed by atoms with Crippen LogP contribution in [-0.2, 0) is 4.79 Å². The van der Waals surface area contributed by atoms with E-state index in [2.05, 4.69) is 0 Å². The van der Waals surface area contributed by atoms with Gasteiger partial charge in [-0.15, -0.1) is 0 Å². The minimum atomic E-state index is 0.0146. The lowest BCUT2D eigenvalue weighted by molar-refractivity contribution is -0.131. The van der Waals surface area contributed by atoms with E-state index in [-0.39, 0.29) is 11.8 Å². The molecule has 2 aromatic carbocycles. The van der Waals surface area contributed by atoms with Crippen molar-refractivity contribution < 1.29 is 14.3 Å². The largest absolute Gasteiger partial charge is 0.493 e. The fourth-order valence-electron chi connectivity index (χ4n) is 3.77. The Balaban J connectivity index is 1.28. The molecule has 1 fully saturated rings. The van der Waals surface area contributed by atoms with Gasteiger partial charge in [-0.25, -0.2) is 0 Å². The lowest BCUT2D eigenvalue weighted by atomic mass is 10.1. The van der Waals surface area contributed by atoms with Crippen molar-refractivity contribution in [1.82, 2.24) is 14.4 Å². The van der Waals surface area contributed by atoms with Crippen LogP contribution in [-0.4, -0.2) is 59.0 Å². The topological polar surface area (TPSA) is 54.8 Å². The maximum Gasteiger partial charge on any atom is 0.253 e. The van der Waals surface area contributed by atoms with Gasteiger partial charge in [0.05, 0.1) is 13.0 Å². The van der Waals surface area contributed by atoms with Gasteiger partial charge in [0.15, 0.2) is 0 Å². The highest BCUT2D eigenvalue weighted by Crippen LogP contribution is 2.14. The summed E-state index contributed by atoms with van der Waals surface area (Å²) in [7, 11) is 0. The standard InChI is InChI=1S/C25H27N3O3/c29-24(13-20-31-23-7-2-1-3-8-23)27-16-6-17-28(19-18-27)25(30)21-9-11-22(12-10-21)26-14-4-5-15-26/h1-5,7-12,14-15H,6,13,16-20H2. The molecule has 1 aliphatic heterocycles. The molecular weight excluding hydrogens is 390 g/mol. The van der Waals surface area contributed by atoms with Gasteiger partial charge < -0.3 is 19.1 Å². The number of amides is 2. The predicted molar refractivity (Wildman–Crippen MR) is 119 cm³/mol. The number of carbonyl (C=O) groups excluding carboxylic acids is 2. The van der Waals surface area contributed by atoms with Crippen LogP contribution in [0.4, 0.5) is 0 Å². The van der Waals surface area contributed by atoms with Crippen LogP contribution in [0.5, 0.6) is 5.75 Å². The van der Waals surface area contributed by atoms with Gasteiger partial charge in [0.1, 0.15) is 5.75 Å². The van der Waals surface area contributed by atoms with Crippen LogP contribution in [0.3, 0.4) is 0 Å². The third-order valence-corrected chi connectivity index (χ3v) is 5.48. The maximum atomic E-state index is 13.0. The summed E-state index contributed by atoms with van der Waals surface area (Å²) in [6, 6.07) is 21.1. The van der Waals surface area contributed by atoms with Gasteiger partial charge in [-0.1, -0.05) is 18.2 Å². The number of rotatable bonds is 6. The third-order valence-electron chi connectivity index (χ3n) is 5.48. The van der Waals surface area contributed by atoms with Crippen LogP contribution < -0.4 is 4.74 Å². The summed E-state index contributed by atoms with van der Waals surface area (Å²) >= 11 is 0. The SMILES string of the molecule is O=C(CCOc1ccccc1)N1CCCN(C(=O)c2ccc(-n3cccc3)cc2)CC1.